The Kier molecular flexibility index (Phi) is 6.94. The summed E-state index contributed by atoms with van der Waals surface area (Å²) in [5.41, 5.74) is 0.860. The standard InChI is InChI=1S/C28H41NO7/c1-32-11-12-33-13-14-34-15-16-35-22-7-8-28(31)23-17-20-5-6-21(30)25-24(20)27(28,26(22)36-25)9-10-29(23)18-19-3-2-4-19/h5-6,19,22-23,26,30-31H,2-4,7-18H2,1H3/t22?,23?,26-,27-,28+/m0/s1. The van der Waals surface area contributed by atoms with Gasteiger partial charge in [-0.25, -0.2) is 0 Å². The molecule has 0 amide bonds. The van der Waals surface area contributed by atoms with Crippen molar-refractivity contribution >= 4 is 0 Å². The molecule has 1 saturated heterocycles. The van der Waals surface area contributed by atoms with Gasteiger partial charge in [-0.1, -0.05) is 12.5 Å². The van der Waals surface area contributed by atoms with Crippen LogP contribution >= 0.6 is 0 Å². The number of hydrogen-bond donors (Lipinski definition) is 2. The molecule has 5 atom stereocenters. The van der Waals surface area contributed by atoms with E-state index in [0.29, 0.717) is 51.8 Å². The molecule has 2 N–H and O–H groups in total. The van der Waals surface area contributed by atoms with Crippen LogP contribution in [0.15, 0.2) is 12.1 Å². The summed E-state index contributed by atoms with van der Waals surface area (Å²) in [6.45, 7) is 5.18. The molecule has 5 aliphatic rings. The van der Waals surface area contributed by atoms with Crippen molar-refractivity contribution in [1.29, 1.82) is 0 Å². The molecule has 1 aromatic rings. The molecule has 2 saturated carbocycles. The first-order chi connectivity index (χ1) is 17.6. The summed E-state index contributed by atoms with van der Waals surface area (Å²) >= 11 is 0. The Morgan fingerprint density at radius 2 is 1.81 bits per heavy atom. The third-order valence-electron chi connectivity index (χ3n) is 9.60. The fourth-order valence-electron chi connectivity index (χ4n) is 7.70. The van der Waals surface area contributed by atoms with Crippen molar-refractivity contribution in [2.24, 2.45) is 5.92 Å². The van der Waals surface area contributed by atoms with Gasteiger partial charge in [-0.15, -0.1) is 0 Å². The van der Waals surface area contributed by atoms with Crippen LogP contribution < -0.4 is 4.74 Å². The predicted octanol–water partition coefficient (Wildman–Crippen LogP) is 2.41. The average Bonchev–Trinajstić information content (AvgIpc) is 3.20. The molecule has 2 bridgehead atoms. The van der Waals surface area contributed by atoms with Crippen molar-refractivity contribution in [2.45, 2.75) is 74.2 Å². The number of methoxy groups -OCH3 is 1. The molecule has 0 aromatic heterocycles. The highest BCUT2D eigenvalue weighted by Gasteiger charge is 2.73. The lowest BCUT2D eigenvalue weighted by molar-refractivity contribution is -0.218. The topological polar surface area (TPSA) is 89.9 Å². The van der Waals surface area contributed by atoms with Crippen molar-refractivity contribution in [2.75, 3.05) is 59.8 Å². The lowest BCUT2D eigenvalue weighted by Gasteiger charge is -2.64. The van der Waals surface area contributed by atoms with E-state index in [2.05, 4.69) is 4.90 Å². The van der Waals surface area contributed by atoms with E-state index in [0.717, 1.165) is 43.8 Å². The number of likely N-dealkylation sites (tertiary alicyclic amines) is 1. The molecule has 3 fully saturated rings. The van der Waals surface area contributed by atoms with Gasteiger partial charge in [0.15, 0.2) is 11.5 Å². The van der Waals surface area contributed by atoms with E-state index in [4.69, 9.17) is 23.7 Å². The minimum absolute atomic E-state index is 0.0864. The van der Waals surface area contributed by atoms with Crippen LogP contribution in [0.2, 0.25) is 0 Å². The summed E-state index contributed by atoms with van der Waals surface area (Å²) in [4.78, 5) is 2.57. The van der Waals surface area contributed by atoms with E-state index in [-0.39, 0.29) is 24.0 Å². The van der Waals surface area contributed by atoms with Gasteiger partial charge in [0.05, 0.1) is 56.8 Å². The Hall–Kier alpha value is -1.42. The van der Waals surface area contributed by atoms with Gasteiger partial charge in [0.1, 0.15) is 6.10 Å². The van der Waals surface area contributed by atoms with E-state index in [1.807, 2.05) is 6.07 Å². The number of aromatic hydroxyl groups is 1. The van der Waals surface area contributed by atoms with Gasteiger partial charge >= 0.3 is 0 Å². The molecule has 8 nitrogen and oxygen atoms in total. The summed E-state index contributed by atoms with van der Waals surface area (Å²) in [6, 6.07) is 3.90. The van der Waals surface area contributed by atoms with Gasteiger partial charge in [0.2, 0.25) is 0 Å². The first-order valence-electron chi connectivity index (χ1n) is 13.8. The van der Waals surface area contributed by atoms with Gasteiger partial charge in [-0.2, -0.15) is 0 Å². The van der Waals surface area contributed by atoms with E-state index in [9.17, 15) is 10.2 Å². The predicted molar refractivity (Wildman–Crippen MR) is 133 cm³/mol. The summed E-state index contributed by atoms with van der Waals surface area (Å²) < 4.78 is 29.0. The van der Waals surface area contributed by atoms with Crippen LogP contribution in [-0.4, -0.2) is 98.8 Å². The van der Waals surface area contributed by atoms with Gasteiger partial charge in [0.25, 0.3) is 0 Å². The van der Waals surface area contributed by atoms with Crippen LogP contribution in [0.3, 0.4) is 0 Å². The molecule has 8 heteroatoms. The molecule has 1 aromatic carbocycles. The third-order valence-corrected chi connectivity index (χ3v) is 9.60. The molecule has 6 rings (SSSR count). The van der Waals surface area contributed by atoms with Crippen LogP contribution in [0.5, 0.6) is 11.5 Å². The fraction of sp³-hybridized carbons (Fsp3) is 0.786. The van der Waals surface area contributed by atoms with Crippen LogP contribution in [0.4, 0.5) is 0 Å². The zero-order valence-electron chi connectivity index (χ0n) is 21.5. The monoisotopic (exact) mass is 503 g/mol. The number of phenolic OH excluding ortho intramolecular Hbond substituents is 1. The summed E-state index contributed by atoms with van der Waals surface area (Å²) in [5, 5.41) is 23.3. The lowest BCUT2D eigenvalue weighted by Crippen LogP contribution is -2.77. The normalized spacial score (nSPS) is 34.8. The van der Waals surface area contributed by atoms with Crippen molar-refractivity contribution in [3.8, 4) is 11.5 Å². The molecular weight excluding hydrogens is 462 g/mol. The molecule has 3 aliphatic carbocycles. The maximum absolute atomic E-state index is 12.5. The summed E-state index contributed by atoms with van der Waals surface area (Å²) in [5.74, 6) is 1.51. The van der Waals surface area contributed by atoms with E-state index >= 15 is 0 Å². The number of aliphatic hydroxyl groups is 1. The molecule has 0 radical (unpaired) electrons. The van der Waals surface area contributed by atoms with E-state index < -0.39 is 11.0 Å². The van der Waals surface area contributed by atoms with E-state index in [1.165, 1.54) is 24.8 Å². The maximum atomic E-state index is 12.5. The number of ether oxygens (including phenoxy) is 5. The van der Waals surface area contributed by atoms with Crippen molar-refractivity contribution in [3.63, 3.8) is 0 Å². The molecule has 2 heterocycles. The molecule has 2 aliphatic heterocycles. The van der Waals surface area contributed by atoms with Gasteiger partial charge in [-0.05, 0) is 62.6 Å². The first-order valence-corrected chi connectivity index (χ1v) is 13.8. The van der Waals surface area contributed by atoms with E-state index in [1.54, 1.807) is 13.2 Å². The molecular formula is C28H41NO7. The number of hydrogen-bond acceptors (Lipinski definition) is 8. The summed E-state index contributed by atoms with van der Waals surface area (Å²) in [7, 11) is 1.66. The van der Waals surface area contributed by atoms with Crippen LogP contribution in [0, 0.1) is 5.92 Å². The van der Waals surface area contributed by atoms with Gasteiger partial charge in [0, 0.05) is 25.3 Å². The SMILES string of the molecule is COCCOCCOCCOC1CC[C@@]2(O)C3Cc4ccc(O)c5c4[C@@]2(CCN3CC2CCC2)[C@H]1O5. The Morgan fingerprint density at radius 3 is 2.56 bits per heavy atom. The third kappa shape index (κ3) is 3.87. The Bertz CT molecular complexity index is 939. The number of phenols is 1. The highest BCUT2D eigenvalue weighted by molar-refractivity contribution is 5.62. The summed E-state index contributed by atoms with van der Waals surface area (Å²) in [6.07, 6.45) is 6.57. The fourth-order valence-corrected chi connectivity index (χ4v) is 7.70. The van der Waals surface area contributed by atoms with Crippen molar-refractivity contribution in [3.05, 3.63) is 23.3 Å². The van der Waals surface area contributed by atoms with Crippen LogP contribution in [0.25, 0.3) is 0 Å². The van der Waals surface area contributed by atoms with Crippen LogP contribution in [0.1, 0.15) is 49.7 Å². The second-order valence-electron chi connectivity index (χ2n) is 11.3. The number of nitrogens with zero attached hydrogens (tertiary/aromatic N) is 1. The number of piperidine rings is 1. The molecule has 1 spiro atoms. The Balaban J connectivity index is 1.17. The Morgan fingerprint density at radius 1 is 1.03 bits per heavy atom. The van der Waals surface area contributed by atoms with Crippen LogP contribution in [-0.2, 0) is 30.8 Å². The number of benzene rings is 1. The second kappa shape index (κ2) is 10.0. The first kappa shape index (κ1) is 24.9. The van der Waals surface area contributed by atoms with Gasteiger partial charge in [-0.3, -0.25) is 4.90 Å². The smallest absolute Gasteiger partial charge is 0.165 e. The second-order valence-corrected chi connectivity index (χ2v) is 11.3. The molecule has 2 unspecified atom stereocenters. The lowest BCUT2D eigenvalue weighted by atomic mass is 9.48. The maximum Gasteiger partial charge on any atom is 0.165 e. The highest BCUT2D eigenvalue weighted by atomic mass is 16.6. The minimum Gasteiger partial charge on any atom is -0.504 e. The largest absolute Gasteiger partial charge is 0.504 e. The highest BCUT2D eigenvalue weighted by Crippen LogP contribution is 2.65. The van der Waals surface area contributed by atoms with Crippen molar-refractivity contribution in [1.82, 2.24) is 4.90 Å². The Labute approximate surface area is 213 Å². The zero-order chi connectivity index (χ0) is 24.8. The zero-order valence-corrected chi connectivity index (χ0v) is 21.5. The van der Waals surface area contributed by atoms with Crippen molar-refractivity contribution < 1.29 is 33.9 Å². The minimum atomic E-state index is -0.873. The molecule has 200 valence electrons. The average molecular weight is 504 g/mol. The van der Waals surface area contributed by atoms with Gasteiger partial charge < -0.3 is 33.9 Å². The quantitative estimate of drug-likeness (QED) is 0.421. The number of rotatable bonds is 12. The molecule has 36 heavy (non-hydrogen) atoms.